The second-order valence-electron chi connectivity index (χ2n) is 9.03. The van der Waals surface area contributed by atoms with E-state index in [1.54, 1.807) is 6.07 Å². The first-order valence-corrected chi connectivity index (χ1v) is 11.2. The van der Waals surface area contributed by atoms with Gasteiger partial charge in [0.25, 0.3) is 0 Å². The SMILES string of the molecule is COc1cc(Cl)ncc1N(CC1CCCC(C)(Cn2cnc3ccc(C#N)cc32)C1)C(=O)O. The van der Waals surface area contributed by atoms with Crippen LogP contribution < -0.4 is 9.64 Å². The quantitative estimate of drug-likeness (QED) is 0.490. The summed E-state index contributed by atoms with van der Waals surface area (Å²) in [7, 11) is 1.49. The third-order valence-electron chi connectivity index (χ3n) is 6.47. The molecule has 2 atom stereocenters. The summed E-state index contributed by atoms with van der Waals surface area (Å²) in [5.41, 5.74) is 2.79. The summed E-state index contributed by atoms with van der Waals surface area (Å²) in [6.07, 6.45) is 6.11. The number of halogens is 1. The van der Waals surface area contributed by atoms with Gasteiger partial charge in [0.05, 0.1) is 42.3 Å². The molecule has 0 radical (unpaired) electrons. The lowest BCUT2D eigenvalue weighted by Gasteiger charge is -2.40. The minimum Gasteiger partial charge on any atom is -0.494 e. The number of fused-ring (bicyclic) bond motifs is 1. The summed E-state index contributed by atoms with van der Waals surface area (Å²) in [6.45, 7) is 3.36. The molecule has 1 N–H and O–H groups in total. The van der Waals surface area contributed by atoms with Crippen molar-refractivity contribution in [2.75, 3.05) is 18.6 Å². The fourth-order valence-electron chi connectivity index (χ4n) is 4.99. The Morgan fingerprint density at radius 3 is 2.97 bits per heavy atom. The zero-order chi connectivity index (χ0) is 23.6. The highest BCUT2D eigenvalue weighted by Gasteiger charge is 2.35. The van der Waals surface area contributed by atoms with Crippen LogP contribution in [0.4, 0.5) is 10.5 Å². The molecule has 0 aliphatic heterocycles. The number of carbonyl (C=O) groups is 1. The summed E-state index contributed by atoms with van der Waals surface area (Å²) in [5.74, 6) is 0.568. The van der Waals surface area contributed by atoms with E-state index in [4.69, 9.17) is 16.3 Å². The van der Waals surface area contributed by atoms with Crippen LogP contribution in [0.5, 0.6) is 5.75 Å². The molecule has 1 fully saturated rings. The largest absolute Gasteiger partial charge is 0.494 e. The fourth-order valence-corrected chi connectivity index (χ4v) is 5.14. The molecule has 0 bridgehead atoms. The molecule has 1 aliphatic carbocycles. The molecule has 1 aliphatic rings. The van der Waals surface area contributed by atoms with Gasteiger partial charge in [-0.2, -0.15) is 5.26 Å². The van der Waals surface area contributed by atoms with Crippen molar-refractivity contribution in [3.05, 3.63) is 47.5 Å². The molecule has 2 unspecified atom stereocenters. The van der Waals surface area contributed by atoms with Gasteiger partial charge in [0.1, 0.15) is 16.6 Å². The molecule has 2 heterocycles. The number of anilines is 1. The average molecular weight is 468 g/mol. The van der Waals surface area contributed by atoms with Crippen molar-refractivity contribution in [3.63, 3.8) is 0 Å². The molecule has 3 aromatic rings. The van der Waals surface area contributed by atoms with Crippen LogP contribution in [-0.4, -0.2) is 39.4 Å². The van der Waals surface area contributed by atoms with Gasteiger partial charge in [-0.15, -0.1) is 0 Å². The molecule has 33 heavy (non-hydrogen) atoms. The first kappa shape index (κ1) is 22.9. The number of aromatic nitrogens is 3. The summed E-state index contributed by atoms with van der Waals surface area (Å²) < 4.78 is 7.47. The normalized spacial score (nSPS) is 20.4. The topological polar surface area (TPSA) is 104 Å². The second-order valence-corrected chi connectivity index (χ2v) is 9.42. The van der Waals surface area contributed by atoms with Gasteiger partial charge in [-0.3, -0.25) is 4.90 Å². The van der Waals surface area contributed by atoms with E-state index in [0.717, 1.165) is 43.3 Å². The van der Waals surface area contributed by atoms with Gasteiger partial charge in [0.2, 0.25) is 0 Å². The molecule has 8 nitrogen and oxygen atoms in total. The number of amides is 1. The highest BCUT2D eigenvalue weighted by Crippen LogP contribution is 2.42. The second kappa shape index (κ2) is 9.28. The Morgan fingerprint density at radius 2 is 2.24 bits per heavy atom. The Hall–Kier alpha value is -3.31. The van der Waals surface area contributed by atoms with Crippen molar-refractivity contribution in [1.29, 1.82) is 5.26 Å². The Labute approximate surface area is 197 Å². The molecule has 1 saturated carbocycles. The Kier molecular flexibility index (Phi) is 6.43. The third kappa shape index (κ3) is 4.88. The van der Waals surface area contributed by atoms with Crippen LogP contribution in [0.1, 0.15) is 38.2 Å². The number of ether oxygens (including phenoxy) is 1. The minimum atomic E-state index is -1.05. The zero-order valence-electron chi connectivity index (χ0n) is 18.7. The Balaban J connectivity index is 1.54. The third-order valence-corrected chi connectivity index (χ3v) is 6.68. The lowest BCUT2D eigenvalue weighted by Crippen LogP contribution is -2.39. The monoisotopic (exact) mass is 467 g/mol. The number of pyridine rings is 1. The molecular weight excluding hydrogens is 442 g/mol. The number of carboxylic acid groups (broad SMARTS) is 1. The van der Waals surface area contributed by atoms with Crippen molar-refractivity contribution >= 4 is 34.4 Å². The summed E-state index contributed by atoms with van der Waals surface area (Å²) in [4.78, 5) is 22.0. The van der Waals surface area contributed by atoms with Gasteiger partial charge in [0.15, 0.2) is 0 Å². The number of methoxy groups -OCH3 is 1. The summed E-state index contributed by atoms with van der Waals surface area (Å²) >= 11 is 5.95. The molecule has 4 rings (SSSR count). The van der Waals surface area contributed by atoms with Gasteiger partial charge in [-0.1, -0.05) is 24.9 Å². The van der Waals surface area contributed by atoms with Crippen molar-refractivity contribution in [1.82, 2.24) is 14.5 Å². The molecule has 0 saturated heterocycles. The Bertz CT molecular complexity index is 1220. The molecule has 0 spiro atoms. The summed E-state index contributed by atoms with van der Waals surface area (Å²) in [5, 5.41) is 19.4. The van der Waals surface area contributed by atoms with Crippen LogP contribution >= 0.6 is 11.6 Å². The lowest BCUT2D eigenvalue weighted by atomic mass is 9.70. The minimum absolute atomic E-state index is 0.0221. The van der Waals surface area contributed by atoms with E-state index in [1.807, 2.05) is 18.5 Å². The number of imidazole rings is 1. The maximum atomic E-state index is 12.1. The molecule has 2 aromatic heterocycles. The highest BCUT2D eigenvalue weighted by atomic mass is 35.5. The first-order valence-electron chi connectivity index (χ1n) is 10.9. The number of hydrogen-bond acceptors (Lipinski definition) is 5. The van der Waals surface area contributed by atoms with E-state index in [9.17, 15) is 15.2 Å². The van der Waals surface area contributed by atoms with Crippen molar-refractivity contribution < 1.29 is 14.6 Å². The predicted octanol–water partition coefficient (Wildman–Crippen LogP) is 5.35. The van der Waals surface area contributed by atoms with Crippen molar-refractivity contribution in [2.24, 2.45) is 11.3 Å². The first-order chi connectivity index (χ1) is 15.8. The molecule has 172 valence electrons. The van der Waals surface area contributed by atoms with E-state index in [2.05, 4.69) is 27.5 Å². The van der Waals surface area contributed by atoms with Crippen molar-refractivity contribution in [3.8, 4) is 11.8 Å². The smallest absolute Gasteiger partial charge is 0.411 e. The maximum absolute atomic E-state index is 12.1. The van der Waals surface area contributed by atoms with E-state index < -0.39 is 6.09 Å². The van der Waals surface area contributed by atoms with E-state index in [-0.39, 0.29) is 16.5 Å². The summed E-state index contributed by atoms with van der Waals surface area (Å²) in [6, 6.07) is 9.24. The van der Waals surface area contributed by atoms with Crippen LogP contribution in [0.2, 0.25) is 5.15 Å². The van der Waals surface area contributed by atoms with Crippen LogP contribution in [-0.2, 0) is 6.54 Å². The van der Waals surface area contributed by atoms with Crippen LogP contribution in [0.3, 0.4) is 0 Å². The van der Waals surface area contributed by atoms with Crippen LogP contribution in [0, 0.1) is 22.7 Å². The number of nitrogens with zero attached hydrogens (tertiary/aromatic N) is 5. The molecule has 9 heteroatoms. The lowest BCUT2D eigenvalue weighted by molar-refractivity contribution is 0.136. The van der Waals surface area contributed by atoms with E-state index >= 15 is 0 Å². The molecule has 1 amide bonds. The van der Waals surface area contributed by atoms with Crippen molar-refractivity contribution in [2.45, 2.75) is 39.2 Å². The average Bonchev–Trinajstić information content (AvgIpc) is 3.18. The highest BCUT2D eigenvalue weighted by molar-refractivity contribution is 6.29. The molecular formula is C24H26ClN5O3. The standard InChI is InChI=1S/C24H26ClN5O3/c1-24(14-29-15-28-18-6-5-16(11-26)8-19(18)29)7-3-4-17(10-24)13-30(23(31)32)20-12-27-22(25)9-21(20)33-2/h5-6,8-9,12,15,17H,3-4,7,10,13-14H2,1-2H3,(H,31,32). The van der Waals surface area contributed by atoms with E-state index in [0.29, 0.717) is 23.5 Å². The number of rotatable bonds is 6. The fraction of sp³-hybridized carbons (Fsp3) is 0.417. The van der Waals surface area contributed by atoms with Gasteiger partial charge in [-0.05, 0) is 48.8 Å². The Morgan fingerprint density at radius 1 is 1.42 bits per heavy atom. The van der Waals surface area contributed by atoms with Gasteiger partial charge < -0.3 is 14.4 Å². The predicted molar refractivity (Wildman–Crippen MR) is 126 cm³/mol. The number of hydrogen-bond donors (Lipinski definition) is 1. The van der Waals surface area contributed by atoms with Gasteiger partial charge in [-0.25, -0.2) is 14.8 Å². The van der Waals surface area contributed by atoms with Gasteiger partial charge in [0, 0.05) is 19.2 Å². The van der Waals surface area contributed by atoms with E-state index in [1.165, 1.54) is 24.3 Å². The number of benzene rings is 1. The van der Waals surface area contributed by atoms with Gasteiger partial charge >= 0.3 is 6.09 Å². The number of nitriles is 1. The molecule has 1 aromatic carbocycles. The van der Waals surface area contributed by atoms with Crippen LogP contribution in [0.25, 0.3) is 11.0 Å². The zero-order valence-corrected chi connectivity index (χ0v) is 19.4. The maximum Gasteiger partial charge on any atom is 0.411 e. The van der Waals surface area contributed by atoms with Crippen LogP contribution in [0.15, 0.2) is 36.8 Å².